The summed E-state index contributed by atoms with van der Waals surface area (Å²) in [6.07, 6.45) is -0.497. The molecule has 0 saturated carbocycles. The van der Waals surface area contributed by atoms with Gasteiger partial charge in [-0.25, -0.2) is 4.79 Å². The van der Waals surface area contributed by atoms with Gasteiger partial charge < -0.3 is 19.5 Å². The summed E-state index contributed by atoms with van der Waals surface area (Å²) < 4.78 is 5.61. The Bertz CT molecular complexity index is 1080. The number of Topliss-reactive ketones (excluding diaryl/α,β-unsaturated/α-hetero) is 1. The van der Waals surface area contributed by atoms with Crippen LogP contribution in [0.4, 0.5) is 4.79 Å². The minimum Gasteiger partial charge on any atom is -0.444 e. The largest absolute Gasteiger partial charge is 0.444 e. The molecule has 0 spiro atoms. The van der Waals surface area contributed by atoms with Crippen LogP contribution in [0.3, 0.4) is 0 Å². The number of aliphatic hydroxyl groups excluding tert-OH is 1. The molecule has 0 bridgehead atoms. The highest BCUT2D eigenvalue weighted by Crippen LogP contribution is 2.27. The van der Waals surface area contributed by atoms with Crippen LogP contribution in [-0.2, 0) is 33.7 Å². The lowest BCUT2D eigenvalue weighted by Crippen LogP contribution is -2.64. The lowest BCUT2D eigenvalue weighted by Gasteiger charge is -2.44. The number of amides is 2. The van der Waals surface area contributed by atoms with E-state index >= 15 is 0 Å². The van der Waals surface area contributed by atoms with Gasteiger partial charge in [-0.1, -0.05) is 61.5 Å². The molecular formula is C30H40N2O5. The van der Waals surface area contributed by atoms with Crippen molar-refractivity contribution in [3.63, 3.8) is 0 Å². The van der Waals surface area contributed by atoms with Crippen LogP contribution in [0.25, 0.3) is 0 Å². The molecular weight excluding hydrogens is 468 g/mol. The van der Waals surface area contributed by atoms with Crippen molar-refractivity contribution in [1.82, 2.24) is 9.80 Å². The van der Waals surface area contributed by atoms with Gasteiger partial charge in [0.1, 0.15) is 17.4 Å². The summed E-state index contributed by atoms with van der Waals surface area (Å²) in [5, 5.41) is 11.7. The molecule has 0 aliphatic carbocycles. The van der Waals surface area contributed by atoms with Crippen molar-refractivity contribution in [2.24, 2.45) is 5.92 Å². The fourth-order valence-corrected chi connectivity index (χ4v) is 4.83. The molecule has 0 radical (unpaired) electrons. The lowest BCUT2D eigenvalue weighted by atomic mass is 9.84. The monoisotopic (exact) mass is 508 g/mol. The summed E-state index contributed by atoms with van der Waals surface area (Å²) in [7, 11) is 0. The average Bonchev–Trinajstić information content (AvgIpc) is 2.83. The molecule has 1 fully saturated rings. The Balaban J connectivity index is 1.93. The first-order valence-corrected chi connectivity index (χ1v) is 13.1. The Morgan fingerprint density at radius 1 is 1.03 bits per heavy atom. The van der Waals surface area contributed by atoms with E-state index in [2.05, 4.69) is 13.0 Å². The molecule has 1 heterocycles. The van der Waals surface area contributed by atoms with Crippen molar-refractivity contribution < 1.29 is 24.2 Å². The Kier molecular flexibility index (Phi) is 9.49. The molecule has 2 amide bonds. The number of aryl methyl sites for hydroxylation is 1. The molecule has 0 unspecified atom stereocenters. The first-order valence-electron chi connectivity index (χ1n) is 13.1. The minimum atomic E-state index is -1.24. The number of rotatable bonds is 9. The number of benzene rings is 2. The molecule has 7 heteroatoms. The molecule has 3 atom stereocenters. The lowest BCUT2D eigenvalue weighted by molar-refractivity contribution is -0.150. The molecule has 1 saturated heterocycles. The number of nitrogens with zero attached hydrogens (tertiary/aromatic N) is 2. The summed E-state index contributed by atoms with van der Waals surface area (Å²) in [5.41, 5.74) is 2.35. The summed E-state index contributed by atoms with van der Waals surface area (Å²) in [4.78, 5) is 42.3. The van der Waals surface area contributed by atoms with Crippen LogP contribution in [0.5, 0.6) is 0 Å². The summed E-state index contributed by atoms with van der Waals surface area (Å²) in [5.74, 6) is -0.964. The SMILES string of the molecule is CCc1cccc(C[C@H](CC(C)=O)[C@H](O)[C@H]2C(=O)N(Cc3ccccc3)CCN2C(=O)OC(C)(C)C)c1. The van der Waals surface area contributed by atoms with Crippen molar-refractivity contribution >= 4 is 17.8 Å². The maximum Gasteiger partial charge on any atom is 0.411 e. The van der Waals surface area contributed by atoms with Gasteiger partial charge in [0, 0.05) is 26.1 Å². The van der Waals surface area contributed by atoms with E-state index in [1.165, 1.54) is 11.8 Å². The van der Waals surface area contributed by atoms with Gasteiger partial charge in [-0.2, -0.15) is 0 Å². The van der Waals surface area contributed by atoms with Gasteiger partial charge in [-0.3, -0.25) is 9.69 Å². The maximum absolute atomic E-state index is 13.8. The Morgan fingerprint density at radius 2 is 1.68 bits per heavy atom. The number of piperazine rings is 1. The number of hydrogen-bond donors (Lipinski definition) is 1. The zero-order valence-electron chi connectivity index (χ0n) is 22.6. The van der Waals surface area contributed by atoms with Gasteiger partial charge in [0.05, 0.1) is 6.10 Å². The van der Waals surface area contributed by atoms with Crippen LogP contribution in [-0.4, -0.2) is 63.5 Å². The predicted molar refractivity (Wildman–Crippen MR) is 143 cm³/mol. The Hall–Kier alpha value is -3.19. The van der Waals surface area contributed by atoms with E-state index in [-0.39, 0.29) is 24.7 Å². The van der Waals surface area contributed by atoms with Gasteiger partial charge in [0.25, 0.3) is 0 Å². The summed E-state index contributed by atoms with van der Waals surface area (Å²) >= 11 is 0. The third-order valence-electron chi connectivity index (χ3n) is 6.61. The third-order valence-corrected chi connectivity index (χ3v) is 6.61. The van der Waals surface area contributed by atoms with Gasteiger partial charge in [-0.05, 0) is 63.1 Å². The highest BCUT2D eigenvalue weighted by atomic mass is 16.6. The molecule has 2 aromatic rings. The van der Waals surface area contributed by atoms with E-state index < -0.39 is 29.8 Å². The van der Waals surface area contributed by atoms with E-state index in [9.17, 15) is 19.5 Å². The van der Waals surface area contributed by atoms with Gasteiger partial charge in [-0.15, -0.1) is 0 Å². The molecule has 3 rings (SSSR count). The third kappa shape index (κ3) is 7.89. The number of carbonyl (C=O) groups excluding carboxylic acids is 3. The summed E-state index contributed by atoms with van der Waals surface area (Å²) in [6.45, 7) is 9.79. The van der Waals surface area contributed by atoms with E-state index in [1.807, 2.05) is 48.5 Å². The van der Waals surface area contributed by atoms with Crippen LogP contribution in [0.2, 0.25) is 0 Å². The molecule has 1 aliphatic rings. The van der Waals surface area contributed by atoms with Gasteiger partial charge in [0.2, 0.25) is 5.91 Å². The van der Waals surface area contributed by atoms with Crippen LogP contribution < -0.4 is 0 Å². The van der Waals surface area contributed by atoms with Crippen LogP contribution >= 0.6 is 0 Å². The molecule has 2 aromatic carbocycles. The predicted octanol–water partition coefficient (Wildman–Crippen LogP) is 4.40. The average molecular weight is 509 g/mol. The second-order valence-electron chi connectivity index (χ2n) is 10.9. The Labute approximate surface area is 220 Å². The highest BCUT2D eigenvalue weighted by molar-refractivity contribution is 5.88. The quantitative estimate of drug-likeness (QED) is 0.543. The zero-order chi connectivity index (χ0) is 27.2. The second kappa shape index (κ2) is 12.4. The van der Waals surface area contributed by atoms with Crippen molar-refractivity contribution in [1.29, 1.82) is 0 Å². The van der Waals surface area contributed by atoms with Gasteiger partial charge >= 0.3 is 6.09 Å². The van der Waals surface area contributed by atoms with Crippen molar-refractivity contribution in [3.05, 3.63) is 71.3 Å². The first kappa shape index (κ1) is 28.4. The van der Waals surface area contributed by atoms with E-state index in [0.29, 0.717) is 19.5 Å². The van der Waals surface area contributed by atoms with E-state index in [4.69, 9.17) is 4.74 Å². The maximum atomic E-state index is 13.8. The molecule has 37 heavy (non-hydrogen) atoms. The topological polar surface area (TPSA) is 87.2 Å². The fourth-order valence-electron chi connectivity index (χ4n) is 4.83. The molecule has 1 aliphatic heterocycles. The smallest absolute Gasteiger partial charge is 0.411 e. The van der Waals surface area contributed by atoms with Gasteiger partial charge in [0.15, 0.2) is 0 Å². The normalized spacial score (nSPS) is 17.9. The van der Waals surface area contributed by atoms with E-state index in [0.717, 1.165) is 23.1 Å². The number of carbonyl (C=O) groups is 3. The number of hydrogen-bond acceptors (Lipinski definition) is 5. The minimum absolute atomic E-state index is 0.0797. The number of ether oxygens (including phenoxy) is 1. The highest BCUT2D eigenvalue weighted by Gasteiger charge is 2.45. The molecule has 200 valence electrons. The number of ketones is 1. The summed E-state index contributed by atoms with van der Waals surface area (Å²) in [6, 6.07) is 16.5. The molecule has 1 N–H and O–H groups in total. The first-order chi connectivity index (χ1) is 17.5. The Morgan fingerprint density at radius 3 is 2.30 bits per heavy atom. The second-order valence-corrected chi connectivity index (χ2v) is 10.9. The molecule has 7 nitrogen and oxygen atoms in total. The van der Waals surface area contributed by atoms with Crippen molar-refractivity contribution in [2.75, 3.05) is 13.1 Å². The fraction of sp³-hybridized carbons (Fsp3) is 0.500. The molecule has 0 aromatic heterocycles. The van der Waals surface area contributed by atoms with Crippen molar-refractivity contribution in [2.45, 2.75) is 78.2 Å². The van der Waals surface area contributed by atoms with Crippen molar-refractivity contribution in [3.8, 4) is 0 Å². The van der Waals surface area contributed by atoms with Crippen LogP contribution in [0.1, 0.15) is 57.7 Å². The zero-order valence-corrected chi connectivity index (χ0v) is 22.6. The van der Waals surface area contributed by atoms with E-state index in [1.54, 1.807) is 25.7 Å². The number of aliphatic hydroxyl groups is 1. The van der Waals surface area contributed by atoms with Crippen LogP contribution in [0, 0.1) is 5.92 Å². The van der Waals surface area contributed by atoms with Crippen LogP contribution in [0.15, 0.2) is 54.6 Å². The standard InChI is InChI=1S/C30H40N2O5/c1-6-22-13-10-14-24(18-22)19-25(17-21(2)33)27(34)26-28(35)31(20-23-11-8-7-9-12-23)15-16-32(26)29(36)37-30(3,4)5/h7-14,18,25-27,34H,6,15-17,19-20H2,1-5H3/t25-,26-,27-/m0/s1.